The molecule has 0 radical (unpaired) electrons. The Balaban J connectivity index is 1.73. The molecular weight excluding hydrogens is 428 g/mol. The largest absolute Gasteiger partial charge is 0.495 e. The van der Waals surface area contributed by atoms with Gasteiger partial charge in [-0.3, -0.25) is 4.79 Å². The number of rotatable bonds is 7. The predicted molar refractivity (Wildman–Crippen MR) is 116 cm³/mol. The standard InChI is InChI=1S/C21H25ClN2O5S/c1-15-12-16(6-8-18(15)22)29-14-21(25)23-19-13-17(7-9-20(19)28-2)30(26,27)24-10-4-3-5-11-24/h6-9,12-13H,3-5,10-11,14H2,1-2H3,(H,23,25). The number of ether oxygens (including phenoxy) is 2. The number of methoxy groups -OCH3 is 1. The highest BCUT2D eigenvalue weighted by molar-refractivity contribution is 7.89. The Morgan fingerprint density at radius 2 is 1.87 bits per heavy atom. The number of sulfonamides is 1. The molecule has 1 heterocycles. The molecule has 0 atom stereocenters. The van der Waals surface area contributed by atoms with Crippen molar-refractivity contribution in [3.8, 4) is 11.5 Å². The minimum Gasteiger partial charge on any atom is -0.495 e. The Kier molecular flexibility index (Phi) is 7.23. The normalized spacial score (nSPS) is 14.9. The minimum absolute atomic E-state index is 0.120. The summed E-state index contributed by atoms with van der Waals surface area (Å²) in [5.74, 6) is 0.442. The van der Waals surface area contributed by atoms with Gasteiger partial charge in [0.25, 0.3) is 5.91 Å². The maximum absolute atomic E-state index is 12.9. The second kappa shape index (κ2) is 9.68. The van der Waals surface area contributed by atoms with E-state index in [4.69, 9.17) is 21.1 Å². The monoisotopic (exact) mass is 452 g/mol. The number of anilines is 1. The Morgan fingerprint density at radius 3 is 2.53 bits per heavy atom. The van der Waals surface area contributed by atoms with Crippen molar-refractivity contribution >= 4 is 33.2 Å². The first-order valence-electron chi connectivity index (χ1n) is 9.68. The van der Waals surface area contributed by atoms with Crippen LogP contribution in [-0.2, 0) is 14.8 Å². The van der Waals surface area contributed by atoms with Gasteiger partial charge in [0.05, 0.1) is 17.7 Å². The predicted octanol–water partition coefficient (Wildman–Crippen LogP) is 3.85. The molecule has 1 amide bonds. The number of aryl methyl sites for hydroxylation is 1. The molecule has 3 rings (SSSR count). The van der Waals surface area contributed by atoms with Gasteiger partial charge in [0.15, 0.2) is 6.61 Å². The van der Waals surface area contributed by atoms with Crippen LogP contribution in [0, 0.1) is 6.92 Å². The number of benzene rings is 2. The van der Waals surface area contributed by atoms with Crippen LogP contribution in [0.5, 0.6) is 11.5 Å². The molecule has 162 valence electrons. The van der Waals surface area contributed by atoms with E-state index in [9.17, 15) is 13.2 Å². The van der Waals surface area contributed by atoms with Crippen molar-refractivity contribution in [2.75, 3.05) is 32.1 Å². The fourth-order valence-electron chi connectivity index (χ4n) is 3.24. The van der Waals surface area contributed by atoms with Crippen LogP contribution in [0.25, 0.3) is 0 Å². The summed E-state index contributed by atoms with van der Waals surface area (Å²) in [4.78, 5) is 12.5. The van der Waals surface area contributed by atoms with Crippen molar-refractivity contribution in [2.45, 2.75) is 31.1 Å². The third-order valence-electron chi connectivity index (χ3n) is 4.90. The zero-order chi connectivity index (χ0) is 21.7. The molecule has 1 aliphatic heterocycles. The maximum atomic E-state index is 12.9. The van der Waals surface area contributed by atoms with Gasteiger partial charge >= 0.3 is 0 Å². The van der Waals surface area contributed by atoms with Crippen LogP contribution < -0.4 is 14.8 Å². The highest BCUT2D eigenvalue weighted by atomic mass is 35.5. The van der Waals surface area contributed by atoms with Crippen LogP contribution in [0.1, 0.15) is 24.8 Å². The van der Waals surface area contributed by atoms with Crippen LogP contribution in [0.2, 0.25) is 5.02 Å². The molecular formula is C21H25ClN2O5S. The van der Waals surface area contributed by atoms with Gasteiger partial charge in [-0.15, -0.1) is 0 Å². The van der Waals surface area contributed by atoms with E-state index in [0.29, 0.717) is 29.6 Å². The van der Waals surface area contributed by atoms with Gasteiger partial charge in [0, 0.05) is 18.1 Å². The molecule has 1 aliphatic rings. The first-order valence-corrected chi connectivity index (χ1v) is 11.5. The summed E-state index contributed by atoms with van der Waals surface area (Å²) >= 11 is 5.99. The number of carbonyl (C=O) groups is 1. The zero-order valence-electron chi connectivity index (χ0n) is 17.0. The lowest BCUT2D eigenvalue weighted by molar-refractivity contribution is -0.118. The van der Waals surface area contributed by atoms with Gasteiger partial charge in [-0.05, 0) is 61.7 Å². The van der Waals surface area contributed by atoms with Gasteiger partial charge in [-0.2, -0.15) is 4.31 Å². The van der Waals surface area contributed by atoms with E-state index in [0.717, 1.165) is 24.8 Å². The summed E-state index contributed by atoms with van der Waals surface area (Å²) in [7, 11) is -2.17. The summed E-state index contributed by atoms with van der Waals surface area (Å²) in [5.41, 5.74) is 1.11. The Hall–Kier alpha value is -2.29. The highest BCUT2D eigenvalue weighted by Gasteiger charge is 2.27. The van der Waals surface area contributed by atoms with Crippen LogP contribution in [0.15, 0.2) is 41.3 Å². The molecule has 9 heteroatoms. The minimum atomic E-state index is -3.63. The van der Waals surface area contributed by atoms with Gasteiger partial charge in [0.2, 0.25) is 10.0 Å². The van der Waals surface area contributed by atoms with E-state index in [1.807, 2.05) is 6.92 Å². The molecule has 0 aromatic heterocycles. The van der Waals surface area contributed by atoms with Crippen LogP contribution in [-0.4, -0.2) is 45.4 Å². The summed E-state index contributed by atoms with van der Waals surface area (Å²) in [5, 5.41) is 3.29. The molecule has 30 heavy (non-hydrogen) atoms. The number of amides is 1. The highest BCUT2D eigenvalue weighted by Crippen LogP contribution is 2.30. The van der Waals surface area contributed by atoms with Crippen molar-refractivity contribution in [3.05, 3.63) is 47.0 Å². The summed E-state index contributed by atoms with van der Waals surface area (Å²) in [6.07, 6.45) is 2.73. The van der Waals surface area contributed by atoms with Gasteiger partial charge in [-0.25, -0.2) is 8.42 Å². The zero-order valence-corrected chi connectivity index (χ0v) is 18.6. The van der Waals surface area contributed by atoms with Gasteiger partial charge in [0.1, 0.15) is 11.5 Å². The van der Waals surface area contributed by atoms with Crippen molar-refractivity contribution in [3.63, 3.8) is 0 Å². The summed E-state index contributed by atoms with van der Waals surface area (Å²) in [6.45, 7) is 2.61. The lowest BCUT2D eigenvalue weighted by Crippen LogP contribution is -2.35. The number of nitrogens with one attached hydrogen (secondary N) is 1. The number of hydrogen-bond acceptors (Lipinski definition) is 5. The number of nitrogens with zero attached hydrogens (tertiary/aromatic N) is 1. The second-order valence-corrected chi connectivity index (χ2v) is 9.42. The Labute approximate surface area is 182 Å². The smallest absolute Gasteiger partial charge is 0.262 e. The van der Waals surface area contributed by atoms with Gasteiger partial charge in [-0.1, -0.05) is 18.0 Å². The third-order valence-corrected chi connectivity index (χ3v) is 7.22. The number of carbonyl (C=O) groups excluding carboxylic acids is 1. The third kappa shape index (κ3) is 5.24. The second-order valence-electron chi connectivity index (χ2n) is 7.07. The van der Waals surface area contributed by atoms with E-state index in [-0.39, 0.29) is 17.2 Å². The molecule has 0 unspecified atom stereocenters. The topological polar surface area (TPSA) is 84.9 Å². The summed E-state index contributed by atoms with van der Waals surface area (Å²) < 4.78 is 38.1. The van der Waals surface area contributed by atoms with E-state index < -0.39 is 15.9 Å². The van der Waals surface area contributed by atoms with Crippen molar-refractivity contribution in [1.29, 1.82) is 0 Å². The molecule has 7 nitrogen and oxygen atoms in total. The summed E-state index contributed by atoms with van der Waals surface area (Å²) in [6, 6.07) is 9.56. The maximum Gasteiger partial charge on any atom is 0.262 e. The van der Waals surface area contributed by atoms with E-state index in [1.165, 1.54) is 29.6 Å². The fourth-order valence-corrected chi connectivity index (χ4v) is 4.90. The quantitative estimate of drug-likeness (QED) is 0.689. The Bertz CT molecular complexity index is 1020. The molecule has 0 spiro atoms. The van der Waals surface area contributed by atoms with Crippen molar-refractivity contribution in [2.24, 2.45) is 0 Å². The average Bonchev–Trinajstić information content (AvgIpc) is 2.75. The van der Waals surface area contributed by atoms with Crippen molar-refractivity contribution < 1.29 is 22.7 Å². The van der Waals surface area contributed by atoms with Crippen LogP contribution in [0.3, 0.4) is 0 Å². The fraction of sp³-hybridized carbons (Fsp3) is 0.381. The average molecular weight is 453 g/mol. The lowest BCUT2D eigenvalue weighted by atomic mass is 10.2. The van der Waals surface area contributed by atoms with Crippen LogP contribution >= 0.6 is 11.6 Å². The molecule has 1 fully saturated rings. The van der Waals surface area contributed by atoms with Crippen molar-refractivity contribution in [1.82, 2.24) is 4.31 Å². The molecule has 2 aromatic carbocycles. The SMILES string of the molecule is COc1ccc(S(=O)(=O)N2CCCCC2)cc1NC(=O)COc1ccc(Cl)c(C)c1. The first kappa shape index (κ1) is 22.4. The number of hydrogen-bond donors (Lipinski definition) is 1. The van der Waals surface area contributed by atoms with E-state index in [1.54, 1.807) is 18.2 Å². The molecule has 1 N–H and O–H groups in total. The number of halogens is 1. The molecule has 0 aliphatic carbocycles. The first-order chi connectivity index (χ1) is 14.3. The van der Waals surface area contributed by atoms with Gasteiger partial charge < -0.3 is 14.8 Å². The van der Waals surface area contributed by atoms with Crippen LogP contribution in [0.4, 0.5) is 5.69 Å². The molecule has 1 saturated heterocycles. The molecule has 2 aromatic rings. The molecule has 0 saturated carbocycles. The van der Waals surface area contributed by atoms with E-state index >= 15 is 0 Å². The van der Waals surface area contributed by atoms with E-state index in [2.05, 4.69) is 5.32 Å². The Morgan fingerprint density at radius 1 is 1.13 bits per heavy atom. The lowest BCUT2D eigenvalue weighted by Gasteiger charge is -2.26. The molecule has 0 bridgehead atoms. The number of piperidine rings is 1.